The van der Waals surface area contributed by atoms with Crippen LogP contribution >= 0.6 is 11.5 Å². The van der Waals surface area contributed by atoms with Gasteiger partial charge in [-0.05, 0) is 25.4 Å². The third kappa shape index (κ3) is 1.88. The molecule has 0 unspecified atom stereocenters. The van der Waals surface area contributed by atoms with Gasteiger partial charge in [-0.3, -0.25) is 9.48 Å². The topological polar surface area (TPSA) is 51.9 Å². The van der Waals surface area contributed by atoms with Crippen molar-refractivity contribution in [1.29, 1.82) is 0 Å². The zero-order valence-corrected chi connectivity index (χ0v) is 10.3. The average Bonchev–Trinajstić information content (AvgIpc) is 2.72. The minimum atomic E-state index is -0.0239. The summed E-state index contributed by atoms with van der Waals surface area (Å²) in [4.78, 5) is 11.3. The van der Waals surface area contributed by atoms with Crippen LogP contribution < -0.4 is 11.0 Å². The molecule has 2 aromatic rings. The number of nitrogens with zero attached hydrogens (tertiary/aromatic N) is 3. The van der Waals surface area contributed by atoms with Gasteiger partial charge in [-0.15, -0.1) is 0 Å². The molecule has 86 valence electrons. The van der Waals surface area contributed by atoms with Crippen LogP contribution in [0.25, 0.3) is 0 Å². The van der Waals surface area contributed by atoms with Gasteiger partial charge in [-0.1, -0.05) is 0 Å². The van der Waals surface area contributed by atoms with E-state index in [9.17, 15) is 4.79 Å². The lowest BCUT2D eigenvalue weighted by molar-refractivity contribution is 0.729. The van der Waals surface area contributed by atoms with E-state index in [-0.39, 0.29) is 5.56 Å². The Bertz CT molecular complexity index is 551. The average molecular weight is 238 g/mol. The van der Waals surface area contributed by atoms with Crippen LogP contribution in [0, 0.1) is 13.8 Å². The molecule has 0 saturated carbocycles. The molecule has 0 aliphatic rings. The molecule has 0 bridgehead atoms. The van der Waals surface area contributed by atoms with Gasteiger partial charge in [-0.2, -0.15) is 9.16 Å². The van der Waals surface area contributed by atoms with E-state index in [1.807, 2.05) is 25.6 Å². The van der Waals surface area contributed by atoms with Gasteiger partial charge in [0.1, 0.15) is 0 Å². The molecule has 0 radical (unpaired) electrons. The van der Waals surface area contributed by atoms with Crippen LogP contribution in [0.4, 0.5) is 0 Å². The van der Waals surface area contributed by atoms with Gasteiger partial charge in [0.15, 0.2) is 0 Å². The number of hydrogen-bond acceptors (Lipinski definition) is 4. The summed E-state index contributed by atoms with van der Waals surface area (Å²) in [7, 11) is 1.92. The van der Waals surface area contributed by atoms with Crippen LogP contribution in [-0.4, -0.2) is 13.8 Å². The molecule has 2 heterocycles. The van der Waals surface area contributed by atoms with E-state index < -0.39 is 0 Å². The van der Waals surface area contributed by atoms with Crippen molar-refractivity contribution in [2.24, 2.45) is 7.05 Å². The first-order chi connectivity index (χ1) is 7.59. The first kappa shape index (κ1) is 10.9. The zero-order chi connectivity index (χ0) is 11.7. The van der Waals surface area contributed by atoms with Crippen molar-refractivity contribution in [3.05, 3.63) is 38.8 Å². The molecule has 0 aliphatic carbocycles. The molecule has 0 spiro atoms. The van der Waals surface area contributed by atoms with Crippen LogP contribution in [0.15, 0.2) is 16.2 Å². The van der Waals surface area contributed by atoms with E-state index >= 15 is 0 Å². The summed E-state index contributed by atoms with van der Waals surface area (Å²) in [5.41, 5.74) is 6.31. The lowest BCUT2D eigenvalue weighted by Crippen LogP contribution is -2.23. The van der Waals surface area contributed by atoms with E-state index in [1.54, 1.807) is 11.4 Å². The summed E-state index contributed by atoms with van der Waals surface area (Å²) in [6, 6.07) is 1.54. The largest absolute Gasteiger partial charge is 0.309 e. The smallest absolute Gasteiger partial charge is 0.279 e. The molecule has 16 heavy (non-hydrogen) atoms. The molecule has 0 aromatic carbocycles. The van der Waals surface area contributed by atoms with Crippen molar-refractivity contribution in [1.82, 2.24) is 13.8 Å². The number of nitrogens with one attached hydrogen (secondary N) is 1. The Morgan fingerprint density at radius 2 is 2.25 bits per heavy atom. The summed E-state index contributed by atoms with van der Waals surface area (Å²) < 4.78 is 3.37. The SMILES string of the molecule is Cc1nn(C)c(C)c1CNn1sccc1=O. The second-order valence-electron chi connectivity index (χ2n) is 3.65. The summed E-state index contributed by atoms with van der Waals surface area (Å²) in [5, 5.41) is 6.09. The number of aromatic nitrogens is 3. The van der Waals surface area contributed by atoms with E-state index in [0.717, 1.165) is 17.0 Å². The molecule has 1 N–H and O–H groups in total. The normalized spacial score (nSPS) is 10.7. The molecule has 5 nitrogen and oxygen atoms in total. The molecule has 2 aromatic heterocycles. The van der Waals surface area contributed by atoms with Gasteiger partial charge in [0.05, 0.1) is 12.2 Å². The predicted octanol–water partition coefficient (Wildman–Crippen LogP) is 1.00. The van der Waals surface area contributed by atoms with Crippen molar-refractivity contribution in [3.8, 4) is 0 Å². The molecule has 6 heteroatoms. The third-order valence-corrected chi connectivity index (χ3v) is 3.41. The molecule has 0 aliphatic heterocycles. The quantitative estimate of drug-likeness (QED) is 0.868. The Labute approximate surface area is 97.4 Å². The van der Waals surface area contributed by atoms with Gasteiger partial charge >= 0.3 is 0 Å². The van der Waals surface area contributed by atoms with Gasteiger partial charge in [0.2, 0.25) is 0 Å². The molecule has 0 saturated heterocycles. The summed E-state index contributed by atoms with van der Waals surface area (Å²) >= 11 is 1.35. The Balaban J connectivity index is 2.17. The maximum Gasteiger partial charge on any atom is 0.279 e. The summed E-state index contributed by atoms with van der Waals surface area (Å²) in [6.07, 6.45) is 0. The monoisotopic (exact) mass is 238 g/mol. The maximum absolute atomic E-state index is 11.3. The molecular formula is C10H14N4OS. The highest BCUT2D eigenvalue weighted by Gasteiger charge is 2.08. The fourth-order valence-corrected chi connectivity index (χ4v) is 2.21. The molecular weight excluding hydrogens is 224 g/mol. The Kier molecular flexibility index (Phi) is 2.82. The van der Waals surface area contributed by atoms with Gasteiger partial charge < -0.3 is 5.43 Å². The van der Waals surface area contributed by atoms with Gasteiger partial charge in [0, 0.05) is 29.8 Å². The highest BCUT2D eigenvalue weighted by atomic mass is 32.1. The van der Waals surface area contributed by atoms with E-state index in [0.29, 0.717) is 6.54 Å². The lowest BCUT2D eigenvalue weighted by atomic mass is 10.2. The number of rotatable bonds is 3. The first-order valence-electron chi connectivity index (χ1n) is 4.99. The highest BCUT2D eigenvalue weighted by Crippen LogP contribution is 2.11. The highest BCUT2D eigenvalue weighted by molar-refractivity contribution is 7.04. The van der Waals surface area contributed by atoms with Crippen LogP contribution in [0.2, 0.25) is 0 Å². The Hall–Kier alpha value is -1.56. The van der Waals surface area contributed by atoms with Crippen LogP contribution in [0.3, 0.4) is 0 Å². The van der Waals surface area contributed by atoms with Gasteiger partial charge in [-0.25, -0.2) is 0 Å². The summed E-state index contributed by atoms with van der Waals surface area (Å²) in [5.74, 6) is 0. The minimum absolute atomic E-state index is 0.0239. The minimum Gasteiger partial charge on any atom is -0.309 e. The Morgan fingerprint density at radius 3 is 2.75 bits per heavy atom. The fourth-order valence-electron chi connectivity index (χ4n) is 1.61. The predicted molar refractivity (Wildman–Crippen MR) is 64.3 cm³/mol. The Morgan fingerprint density at radius 1 is 1.50 bits per heavy atom. The first-order valence-corrected chi connectivity index (χ1v) is 5.83. The lowest BCUT2D eigenvalue weighted by Gasteiger charge is -2.05. The summed E-state index contributed by atoms with van der Waals surface area (Å²) in [6.45, 7) is 4.61. The number of aryl methyl sites for hydroxylation is 2. The van der Waals surface area contributed by atoms with Crippen LogP contribution in [0.1, 0.15) is 17.0 Å². The van der Waals surface area contributed by atoms with Crippen molar-refractivity contribution >= 4 is 11.5 Å². The zero-order valence-electron chi connectivity index (χ0n) is 9.52. The van der Waals surface area contributed by atoms with E-state index in [2.05, 4.69) is 10.5 Å². The third-order valence-electron chi connectivity index (χ3n) is 2.64. The van der Waals surface area contributed by atoms with Crippen LogP contribution in [-0.2, 0) is 13.6 Å². The maximum atomic E-state index is 11.3. The van der Waals surface area contributed by atoms with Crippen molar-refractivity contribution < 1.29 is 0 Å². The molecule has 2 rings (SSSR count). The molecule has 0 atom stereocenters. The van der Waals surface area contributed by atoms with Crippen molar-refractivity contribution in [2.45, 2.75) is 20.4 Å². The van der Waals surface area contributed by atoms with Crippen molar-refractivity contribution in [2.75, 3.05) is 5.43 Å². The molecule has 0 amide bonds. The van der Waals surface area contributed by atoms with E-state index in [4.69, 9.17) is 0 Å². The second kappa shape index (κ2) is 4.13. The van der Waals surface area contributed by atoms with E-state index in [1.165, 1.54) is 15.6 Å². The van der Waals surface area contributed by atoms with Gasteiger partial charge in [0.25, 0.3) is 5.56 Å². The standard InChI is InChI=1S/C10H14N4OS/c1-7-9(8(2)13(3)12-7)6-11-14-10(15)4-5-16-14/h4-5,11H,6H2,1-3H3. The van der Waals surface area contributed by atoms with Crippen molar-refractivity contribution in [3.63, 3.8) is 0 Å². The fraction of sp³-hybridized carbons (Fsp3) is 0.400. The number of hydrogen-bond donors (Lipinski definition) is 1. The van der Waals surface area contributed by atoms with Crippen LogP contribution in [0.5, 0.6) is 0 Å². The second-order valence-corrected chi connectivity index (χ2v) is 4.50. The molecule has 0 fully saturated rings.